The van der Waals surface area contributed by atoms with Gasteiger partial charge in [-0.05, 0) is 49.7 Å². The number of nitrogens with zero attached hydrogens (tertiary/aromatic N) is 3. The van der Waals surface area contributed by atoms with E-state index in [1.54, 1.807) is 60.0 Å². The fourth-order valence-electron chi connectivity index (χ4n) is 3.80. The molecular weight excluding hydrogens is 424 g/mol. The number of rotatable bonds is 6. The first kappa shape index (κ1) is 22.1. The van der Waals surface area contributed by atoms with Crippen molar-refractivity contribution >= 4 is 29.2 Å². The van der Waals surface area contributed by atoms with E-state index in [2.05, 4.69) is 5.32 Å². The van der Waals surface area contributed by atoms with Gasteiger partial charge >= 0.3 is 5.97 Å². The van der Waals surface area contributed by atoms with Crippen LogP contribution in [0.25, 0.3) is 5.69 Å². The Morgan fingerprint density at radius 1 is 1.00 bits per heavy atom. The molecule has 0 aliphatic carbocycles. The number of carbonyl (C=O) groups is 3. The molecule has 3 aromatic rings. The molecule has 9 heteroatoms. The van der Waals surface area contributed by atoms with Gasteiger partial charge in [0.2, 0.25) is 5.91 Å². The van der Waals surface area contributed by atoms with Crippen molar-refractivity contribution in [3.63, 3.8) is 0 Å². The summed E-state index contributed by atoms with van der Waals surface area (Å²) in [5.74, 6) is -1.23. The van der Waals surface area contributed by atoms with E-state index < -0.39 is 18.5 Å². The van der Waals surface area contributed by atoms with Crippen molar-refractivity contribution in [2.75, 3.05) is 23.4 Å². The highest BCUT2D eigenvalue weighted by Gasteiger charge is 2.22. The number of ether oxygens (including phenoxy) is 1. The molecule has 9 nitrogen and oxygen atoms in total. The summed E-state index contributed by atoms with van der Waals surface area (Å²) in [6.45, 7) is 1.84. The zero-order valence-corrected chi connectivity index (χ0v) is 18.4. The first-order valence-electron chi connectivity index (χ1n) is 10.6. The van der Waals surface area contributed by atoms with Crippen LogP contribution in [0, 0.1) is 6.92 Å². The molecule has 2 heterocycles. The number of nitrogens with one attached hydrogen (secondary N) is 1. The number of carbonyl (C=O) groups excluding carboxylic acids is 3. The van der Waals surface area contributed by atoms with E-state index in [1.807, 2.05) is 18.2 Å². The first-order valence-corrected chi connectivity index (χ1v) is 10.6. The van der Waals surface area contributed by atoms with Crippen LogP contribution in [0.5, 0.6) is 0 Å². The van der Waals surface area contributed by atoms with Gasteiger partial charge in [-0.25, -0.2) is 9.48 Å². The minimum Gasteiger partial charge on any atom is -0.452 e. The fourth-order valence-corrected chi connectivity index (χ4v) is 3.80. The molecule has 1 aromatic heterocycles. The number of benzene rings is 2. The Hall–Kier alpha value is -4.14. The van der Waals surface area contributed by atoms with Crippen LogP contribution in [0.3, 0.4) is 0 Å². The summed E-state index contributed by atoms with van der Waals surface area (Å²) in [6.07, 6.45) is 1.34. The van der Waals surface area contributed by atoms with Crippen molar-refractivity contribution in [3.8, 4) is 5.69 Å². The maximum absolute atomic E-state index is 12.9. The average molecular weight is 448 g/mol. The number of amides is 2. The topological polar surface area (TPSA) is 103 Å². The molecule has 2 aromatic carbocycles. The number of hydrogen-bond donors (Lipinski definition) is 1. The van der Waals surface area contributed by atoms with Crippen molar-refractivity contribution < 1.29 is 19.1 Å². The van der Waals surface area contributed by atoms with Crippen molar-refractivity contribution in [2.24, 2.45) is 7.05 Å². The third kappa shape index (κ3) is 4.43. The van der Waals surface area contributed by atoms with Gasteiger partial charge in [0.15, 0.2) is 6.61 Å². The molecule has 1 N–H and O–H groups in total. The second-order valence-electron chi connectivity index (χ2n) is 7.76. The standard InChI is InChI=1S/C24H24N4O5/c1-16-22(23(31)28(26(16)2)19-7-4-3-5-8-19)25-20(29)15-33-24(32)17-10-12-18(13-11-17)27-14-6-9-21(27)30/h3-5,7-8,10-13H,6,9,14-15H2,1-2H3,(H,25,29). The smallest absolute Gasteiger partial charge is 0.338 e. The lowest BCUT2D eigenvalue weighted by molar-refractivity contribution is -0.119. The molecule has 0 saturated carbocycles. The highest BCUT2D eigenvalue weighted by atomic mass is 16.5. The molecular formula is C24H24N4O5. The van der Waals surface area contributed by atoms with Crippen molar-refractivity contribution in [1.82, 2.24) is 9.36 Å². The number of aromatic nitrogens is 2. The van der Waals surface area contributed by atoms with Gasteiger partial charge < -0.3 is 15.0 Å². The molecule has 33 heavy (non-hydrogen) atoms. The van der Waals surface area contributed by atoms with E-state index in [4.69, 9.17) is 4.74 Å². The number of esters is 1. The van der Waals surface area contributed by atoms with Gasteiger partial charge in [-0.2, -0.15) is 0 Å². The summed E-state index contributed by atoms with van der Waals surface area (Å²) in [6, 6.07) is 15.5. The molecule has 4 rings (SSSR count). The van der Waals surface area contributed by atoms with Crippen molar-refractivity contribution in [3.05, 3.63) is 76.2 Å². The molecule has 170 valence electrons. The number of hydrogen-bond acceptors (Lipinski definition) is 5. The highest BCUT2D eigenvalue weighted by molar-refractivity contribution is 5.97. The van der Waals surface area contributed by atoms with E-state index in [9.17, 15) is 19.2 Å². The largest absolute Gasteiger partial charge is 0.452 e. The predicted molar refractivity (Wildman–Crippen MR) is 123 cm³/mol. The zero-order valence-electron chi connectivity index (χ0n) is 18.4. The first-order chi connectivity index (χ1) is 15.9. The van der Waals surface area contributed by atoms with Crippen LogP contribution >= 0.6 is 0 Å². The average Bonchev–Trinajstić information content (AvgIpc) is 3.34. The lowest BCUT2D eigenvalue weighted by atomic mass is 10.2. The van der Waals surface area contributed by atoms with Gasteiger partial charge in [0.1, 0.15) is 5.69 Å². The normalized spacial score (nSPS) is 13.3. The van der Waals surface area contributed by atoms with Crippen LogP contribution in [0.4, 0.5) is 11.4 Å². The van der Waals surface area contributed by atoms with Crippen LogP contribution in [0.1, 0.15) is 28.9 Å². The summed E-state index contributed by atoms with van der Waals surface area (Å²) < 4.78 is 8.20. The molecule has 1 fully saturated rings. The lowest BCUT2D eigenvalue weighted by Gasteiger charge is -2.15. The van der Waals surface area contributed by atoms with Crippen LogP contribution in [0.15, 0.2) is 59.4 Å². The summed E-state index contributed by atoms with van der Waals surface area (Å²) in [5, 5.41) is 2.55. The number of anilines is 2. The second kappa shape index (κ2) is 9.15. The third-order valence-electron chi connectivity index (χ3n) is 5.64. The Morgan fingerprint density at radius 3 is 2.33 bits per heavy atom. The van der Waals surface area contributed by atoms with Crippen molar-refractivity contribution in [2.45, 2.75) is 19.8 Å². The molecule has 1 saturated heterocycles. The number of para-hydroxylation sites is 1. The van der Waals surface area contributed by atoms with Gasteiger partial charge in [0.25, 0.3) is 11.5 Å². The van der Waals surface area contributed by atoms with Crippen LogP contribution in [0.2, 0.25) is 0 Å². The maximum Gasteiger partial charge on any atom is 0.338 e. The minimum atomic E-state index is -0.670. The monoisotopic (exact) mass is 448 g/mol. The minimum absolute atomic E-state index is 0.0598. The third-order valence-corrected chi connectivity index (χ3v) is 5.64. The maximum atomic E-state index is 12.9. The highest BCUT2D eigenvalue weighted by Crippen LogP contribution is 2.22. The Balaban J connectivity index is 1.39. The van der Waals surface area contributed by atoms with E-state index in [-0.39, 0.29) is 22.7 Å². The molecule has 1 aliphatic heterocycles. The fraction of sp³-hybridized carbons (Fsp3) is 0.250. The van der Waals surface area contributed by atoms with Crippen LogP contribution in [-0.4, -0.2) is 40.3 Å². The van der Waals surface area contributed by atoms with E-state index in [0.717, 1.165) is 12.1 Å². The Morgan fingerprint density at radius 2 is 1.70 bits per heavy atom. The van der Waals surface area contributed by atoms with Gasteiger partial charge in [-0.15, -0.1) is 0 Å². The van der Waals surface area contributed by atoms with Crippen LogP contribution in [-0.2, 0) is 21.4 Å². The molecule has 2 amide bonds. The zero-order chi connectivity index (χ0) is 23.5. The quantitative estimate of drug-likeness (QED) is 0.584. The summed E-state index contributed by atoms with van der Waals surface area (Å²) in [4.78, 5) is 51.1. The molecule has 0 spiro atoms. The Labute approximate surface area is 190 Å². The van der Waals surface area contributed by atoms with Crippen molar-refractivity contribution in [1.29, 1.82) is 0 Å². The molecule has 0 radical (unpaired) electrons. The molecule has 0 unspecified atom stereocenters. The molecule has 0 atom stereocenters. The van der Waals surface area contributed by atoms with Crippen LogP contribution < -0.4 is 15.8 Å². The SMILES string of the molecule is Cc1c(NC(=O)COC(=O)c2ccc(N3CCCC3=O)cc2)c(=O)n(-c2ccccc2)n1C. The Bertz CT molecular complexity index is 1260. The van der Waals surface area contributed by atoms with E-state index in [0.29, 0.717) is 24.3 Å². The van der Waals surface area contributed by atoms with Gasteiger partial charge in [0, 0.05) is 25.7 Å². The van der Waals surface area contributed by atoms with E-state index >= 15 is 0 Å². The predicted octanol–water partition coefficient (Wildman–Crippen LogP) is 2.41. The summed E-state index contributed by atoms with van der Waals surface area (Å²) >= 11 is 0. The Kier molecular flexibility index (Phi) is 6.12. The second-order valence-corrected chi connectivity index (χ2v) is 7.76. The van der Waals surface area contributed by atoms with E-state index in [1.165, 1.54) is 4.68 Å². The van der Waals surface area contributed by atoms with Gasteiger partial charge in [0.05, 0.1) is 16.9 Å². The lowest BCUT2D eigenvalue weighted by Crippen LogP contribution is -2.26. The van der Waals surface area contributed by atoms with Gasteiger partial charge in [-0.3, -0.25) is 19.1 Å². The summed E-state index contributed by atoms with van der Waals surface area (Å²) in [7, 11) is 1.72. The molecule has 1 aliphatic rings. The van der Waals surface area contributed by atoms with Gasteiger partial charge in [-0.1, -0.05) is 18.2 Å². The summed E-state index contributed by atoms with van der Waals surface area (Å²) in [5.41, 5.74) is 1.96. The molecule has 0 bridgehead atoms.